The monoisotopic (exact) mass is 215 g/mol. The van der Waals surface area contributed by atoms with Crippen molar-refractivity contribution in [3.8, 4) is 6.01 Å². The van der Waals surface area contributed by atoms with Crippen molar-refractivity contribution in [1.29, 1.82) is 0 Å². The van der Waals surface area contributed by atoms with Gasteiger partial charge in [0.25, 0.3) is 0 Å². The Morgan fingerprint density at radius 2 is 2.06 bits per heavy atom. The quantitative estimate of drug-likeness (QED) is 0.850. The molecular formula is C12H13N3O. The summed E-state index contributed by atoms with van der Waals surface area (Å²) in [5.41, 5.74) is 6.68. The van der Waals surface area contributed by atoms with E-state index in [0.717, 1.165) is 10.9 Å². The van der Waals surface area contributed by atoms with Crippen LogP contribution in [0, 0.1) is 5.92 Å². The highest BCUT2D eigenvalue weighted by atomic mass is 16.5. The van der Waals surface area contributed by atoms with Gasteiger partial charge in [-0.2, -0.15) is 9.97 Å². The van der Waals surface area contributed by atoms with Gasteiger partial charge >= 0.3 is 6.01 Å². The minimum absolute atomic E-state index is 0.392. The number of nitrogen functional groups attached to an aromatic ring is 1. The zero-order chi connectivity index (χ0) is 11.0. The second kappa shape index (κ2) is 3.63. The van der Waals surface area contributed by atoms with Crippen molar-refractivity contribution in [1.82, 2.24) is 9.97 Å². The average molecular weight is 215 g/mol. The Morgan fingerprint density at radius 3 is 2.88 bits per heavy atom. The molecule has 4 nitrogen and oxygen atoms in total. The second-order valence-corrected chi connectivity index (χ2v) is 4.16. The molecule has 1 heterocycles. The van der Waals surface area contributed by atoms with Crippen molar-refractivity contribution in [3.63, 3.8) is 0 Å². The molecule has 0 bridgehead atoms. The first-order valence-corrected chi connectivity index (χ1v) is 5.48. The number of nitrogens with two attached hydrogens (primary N) is 1. The van der Waals surface area contributed by atoms with E-state index in [9.17, 15) is 0 Å². The van der Waals surface area contributed by atoms with Crippen LogP contribution in [0.4, 0.5) is 5.82 Å². The number of hydrogen-bond acceptors (Lipinski definition) is 4. The lowest BCUT2D eigenvalue weighted by Gasteiger charge is -2.06. The molecule has 0 amide bonds. The molecule has 82 valence electrons. The number of para-hydroxylation sites is 1. The highest BCUT2D eigenvalue weighted by Gasteiger charge is 2.22. The Morgan fingerprint density at radius 1 is 1.25 bits per heavy atom. The standard InChI is InChI=1S/C12H13N3O/c13-11-9-3-1-2-4-10(9)14-12(15-11)16-7-8-5-6-8/h1-4,8H,5-7H2,(H2,13,14,15). The summed E-state index contributed by atoms with van der Waals surface area (Å²) in [6, 6.07) is 8.07. The Balaban J connectivity index is 1.92. The normalized spacial score (nSPS) is 15.2. The smallest absolute Gasteiger partial charge is 0.318 e. The van der Waals surface area contributed by atoms with Crippen LogP contribution in [-0.2, 0) is 0 Å². The van der Waals surface area contributed by atoms with Crippen LogP contribution in [0.5, 0.6) is 6.01 Å². The van der Waals surface area contributed by atoms with Crippen molar-refractivity contribution >= 4 is 16.7 Å². The molecule has 3 rings (SSSR count). The molecule has 0 spiro atoms. The van der Waals surface area contributed by atoms with Crippen LogP contribution >= 0.6 is 0 Å². The van der Waals surface area contributed by atoms with Gasteiger partial charge in [0, 0.05) is 5.39 Å². The minimum Gasteiger partial charge on any atom is -0.463 e. The third-order valence-corrected chi connectivity index (χ3v) is 2.76. The van der Waals surface area contributed by atoms with Gasteiger partial charge in [-0.15, -0.1) is 0 Å². The topological polar surface area (TPSA) is 61.0 Å². The molecule has 1 aliphatic rings. The summed E-state index contributed by atoms with van der Waals surface area (Å²) in [5, 5.41) is 0.876. The van der Waals surface area contributed by atoms with Crippen molar-refractivity contribution in [3.05, 3.63) is 24.3 Å². The van der Waals surface area contributed by atoms with Crippen LogP contribution in [0.2, 0.25) is 0 Å². The number of benzene rings is 1. The van der Waals surface area contributed by atoms with Crippen LogP contribution in [-0.4, -0.2) is 16.6 Å². The molecule has 1 saturated carbocycles. The molecule has 16 heavy (non-hydrogen) atoms. The Kier molecular flexibility index (Phi) is 2.13. The summed E-state index contributed by atoms with van der Waals surface area (Å²) in [6.07, 6.45) is 2.51. The maximum atomic E-state index is 5.85. The highest BCUT2D eigenvalue weighted by molar-refractivity contribution is 5.87. The fraction of sp³-hybridized carbons (Fsp3) is 0.333. The molecule has 0 radical (unpaired) electrons. The van der Waals surface area contributed by atoms with Crippen LogP contribution in [0.1, 0.15) is 12.8 Å². The van der Waals surface area contributed by atoms with Crippen LogP contribution < -0.4 is 10.5 Å². The summed E-state index contributed by atoms with van der Waals surface area (Å²) >= 11 is 0. The van der Waals surface area contributed by atoms with Crippen LogP contribution in [0.25, 0.3) is 10.9 Å². The SMILES string of the molecule is Nc1nc(OCC2CC2)nc2ccccc12. The van der Waals surface area contributed by atoms with Gasteiger partial charge in [-0.05, 0) is 30.9 Å². The van der Waals surface area contributed by atoms with E-state index in [1.54, 1.807) is 0 Å². The van der Waals surface area contributed by atoms with Crippen molar-refractivity contribution < 1.29 is 4.74 Å². The van der Waals surface area contributed by atoms with Gasteiger partial charge in [0.15, 0.2) is 0 Å². The van der Waals surface area contributed by atoms with Crippen molar-refractivity contribution in [2.45, 2.75) is 12.8 Å². The van der Waals surface area contributed by atoms with E-state index in [0.29, 0.717) is 24.4 Å². The third-order valence-electron chi connectivity index (χ3n) is 2.76. The summed E-state index contributed by atoms with van der Waals surface area (Å²) in [7, 11) is 0. The minimum atomic E-state index is 0.392. The van der Waals surface area contributed by atoms with Gasteiger partial charge in [0.2, 0.25) is 0 Å². The van der Waals surface area contributed by atoms with E-state index >= 15 is 0 Å². The van der Waals surface area contributed by atoms with E-state index in [1.165, 1.54) is 12.8 Å². The predicted molar refractivity (Wildman–Crippen MR) is 62.2 cm³/mol. The van der Waals surface area contributed by atoms with Crippen molar-refractivity contribution in [2.75, 3.05) is 12.3 Å². The maximum absolute atomic E-state index is 5.85. The first kappa shape index (κ1) is 9.39. The lowest BCUT2D eigenvalue weighted by Crippen LogP contribution is -2.04. The Labute approximate surface area is 93.5 Å². The van der Waals surface area contributed by atoms with Gasteiger partial charge in [-0.3, -0.25) is 0 Å². The number of ether oxygens (including phenoxy) is 1. The van der Waals surface area contributed by atoms with E-state index < -0.39 is 0 Å². The lowest BCUT2D eigenvalue weighted by atomic mass is 10.2. The summed E-state index contributed by atoms with van der Waals surface area (Å²) in [5.74, 6) is 1.17. The molecule has 1 fully saturated rings. The average Bonchev–Trinajstić information content (AvgIpc) is 3.10. The largest absolute Gasteiger partial charge is 0.463 e. The molecule has 0 saturated heterocycles. The summed E-state index contributed by atoms with van der Waals surface area (Å²) in [6.45, 7) is 0.706. The number of aromatic nitrogens is 2. The lowest BCUT2D eigenvalue weighted by molar-refractivity contribution is 0.278. The second-order valence-electron chi connectivity index (χ2n) is 4.16. The maximum Gasteiger partial charge on any atom is 0.318 e. The zero-order valence-corrected chi connectivity index (χ0v) is 8.89. The third kappa shape index (κ3) is 1.78. The number of fused-ring (bicyclic) bond motifs is 1. The molecule has 4 heteroatoms. The molecule has 1 aromatic heterocycles. The zero-order valence-electron chi connectivity index (χ0n) is 8.89. The molecule has 0 aliphatic heterocycles. The van der Waals surface area contributed by atoms with Crippen LogP contribution in [0.15, 0.2) is 24.3 Å². The Bertz CT molecular complexity index is 523. The fourth-order valence-electron chi connectivity index (χ4n) is 1.62. The predicted octanol–water partition coefficient (Wildman–Crippen LogP) is 2.00. The molecule has 2 N–H and O–H groups in total. The van der Waals surface area contributed by atoms with Gasteiger partial charge in [0.1, 0.15) is 5.82 Å². The summed E-state index contributed by atoms with van der Waals surface area (Å²) in [4.78, 5) is 8.47. The molecule has 0 atom stereocenters. The van der Waals surface area contributed by atoms with E-state index in [4.69, 9.17) is 10.5 Å². The molecule has 1 aliphatic carbocycles. The van der Waals surface area contributed by atoms with Gasteiger partial charge in [-0.1, -0.05) is 12.1 Å². The molecule has 0 unspecified atom stereocenters. The Hall–Kier alpha value is -1.84. The van der Waals surface area contributed by atoms with E-state index in [1.807, 2.05) is 24.3 Å². The first-order chi connectivity index (χ1) is 7.83. The van der Waals surface area contributed by atoms with Gasteiger partial charge < -0.3 is 10.5 Å². The molecule has 2 aromatic rings. The number of rotatable bonds is 3. The fourth-order valence-corrected chi connectivity index (χ4v) is 1.62. The van der Waals surface area contributed by atoms with E-state index in [-0.39, 0.29) is 0 Å². The van der Waals surface area contributed by atoms with Gasteiger partial charge in [0.05, 0.1) is 12.1 Å². The van der Waals surface area contributed by atoms with Crippen LogP contribution in [0.3, 0.4) is 0 Å². The number of hydrogen-bond donors (Lipinski definition) is 1. The molecular weight excluding hydrogens is 202 g/mol. The van der Waals surface area contributed by atoms with E-state index in [2.05, 4.69) is 9.97 Å². The van der Waals surface area contributed by atoms with Crippen molar-refractivity contribution in [2.24, 2.45) is 5.92 Å². The highest BCUT2D eigenvalue weighted by Crippen LogP contribution is 2.29. The summed E-state index contributed by atoms with van der Waals surface area (Å²) < 4.78 is 5.52. The number of nitrogens with zero attached hydrogens (tertiary/aromatic N) is 2. The first-order valence-electron chi connectivity index (χ1n) is 5.48. The van der Waals surface area contributed by atoms with Gasteiger partial charge in [-0.25, -0.2) is 0 Å². The number of anilines is 1. The molecule has 1 aromatic carbocycles.